The highest BCUT2D eigenvalue weighted by atomic mass is 14.7. The lowest BCUT2D eigenvalue weighted by molar-refractivity contribution is 0.590. The van der Waals surface area contributed by atoms with Crippen molar-refractivity contribution in [1.29, 1.82) is 0 Å². The molecule has 0 aliphatic heterocycles. The molecule has 0 aliphatic carbocycles. The molecule has 2 aromatic rings. The van der Waals surface area contributed by atoms with Crippen LogP contribution in [0.25, 0.3) is 0 Å². The van der Waals surface area contributed by atoms with Gasteiger partial charge in [-0.2, -0.15) is 0 Å². The van der Waals surface area contributed by atoms with Crippen molar-refractivity contribution in [3.05, 3.63) is 71.3 Å². The summed E-state index contributed by atoms with van der Waals surface area (Å²) in [5.41, 5.74) is 4.72. The molecular formula is C22H25N. The minimum Gasteiger partial charge on any atom is -0.201 e. The maximum Gasteiger partial charge on any atom is 0.0583 e. The highest BCUT2D eigenvalue weighted by Gasteiger charge is 2.12. The largest absolute Gasteiger partial charge is 0.201 e. The summed E-state index contributed by atoms with van der Waals surface area (Å²) in [6.07, 6.45) is 2.01. The molecule has 0 bridgehead atoms. The molecule has 0 radical (unpaired) electrons. The Morgan fingerprint density at radius 3 is 2.17 bits per heavy atom. The summed E-state index contributed by atoms with van der Waals surface area (Å²) in [5, 5.41) is 0. The fourth-order valence-corrected chi connectivity index (χ4v) is 2.35. The molecule has 0 N–H and O–H groups in total. The van der Waals surface area contributed by atoms with E-state index in [1.807, 2.05) is 18.2 Å². The highest BCUT2D eigenvalue weighted by Crippen LogP contribution is 2.21. The van der Waals surface area contributed by atoms with Gasteiger partial charge in [-0.25, -0.2) is 4.99 Å². The van der Waals surface area contributed by atoms with E-state index < -0.39 is 0 Å². The van der Waals surface area contributed by atoms with Gasteiger partial charge in [0.1, 0.15) is 0 Å². The van der Waals surface area contributed by atoms with Crippen LogP contribution < -0.4 is 0 Å². The topological polar surface area (TPSA) is 12.4 Å². The molecule has 0 fully saturated rings. The Kier molecular flexibility index (Phi) is 5.77. The summed E-state index contributed by atoms with van der Waals surface area (Å²) in [4.78, 5) is 4.51. The summed E-state index contributed by atoms with van der Waals surface area (Å²) in [7, 11) is 0. The van der Waals surface area contributed by atoms with Crippen LogP contribution in [-0.4, -0.2) is 5.71 Å². The van der Waals surface area contributed by atoms with Crippen molar-refractivity contribution in [3.63, 3.8) is 0 Å². The SMILES string of the molecule is CCCC(=NC#Cc1ccc(C(C)(C)C)cc1)c1ccccc1. The lowest BCUT2D eigenvalue weighted by Crippen LogP contribution is -2.10. The molecule has 0 spiro atoms. The molecule has 0 aliphatic rings. The molecule has 0 saturated heterocycles. The Hall–Kier alpha value is -2.33. The number of aliphatic imine (C=N–C) groups is 1. The Balaban J connectivity index is 2.19. The van der Waals surface area contributed by atoms with Gasteiger partial charge in [0, 0.05) is 11.6 Å². The van der Waals surface area contributed by atoms with E-state index in [2.05, 4.69) is 81.1 Å². The van der Waals surface area contributed by atoms with E-state index in [4.69, 9.17) is 0 Å². The summed E-state index contributed by atoms with van der Waals surface area (Å²) >= 11 is 0. The van der Waals surface area contributed by atoms with E-state index in [1.165, 1.54) is 5.56 Å². The van der Waals surface area contributed by atoms with Gasteiger partial charge >= 0.3 is 0 Å². The van der Waals surface area contributed by atoms with E-state index in [0.29, 0.717) is 0 Å². The molecule has 0 aromatic heterocycles. The monoisotopic (exact) mass is 303 g/mol. The van der Waals surface area contributed by atoms with Gasteiger partial charge in [0.25, 0.3) is 0 Å². The van der Waals surface area contributed by atoms with Crippen molar-refractivity contribution in [2.45, 2.75) is 46.0 Å². The van der Waals surface area contributed by atoms with E-state index >= 15 is 0 Å². The molecule has 1 heteroatoms. The molecule has 0 saturated carbocycles. The number of benzene rings is 2. The smallest absolute Gasteiger partial charge is 0.0583 e. The van der Waals surface area contributed by atoms with Gasteiger partial charge in [0.2, 0.25) is 0 Å². The third-order valence-corrected chi connectivity index (χ3v) is 3.74. The third kappa shape index (κ3) is 5.11. The maximum absolute atomic E-state index is 4.51. The molecule has 23 heavy (non-hydrogen) atoms. The molecule has 0 unspecified atom stereocenters. The summed E-state index contributed by atoms with van der Waals surface area (Å²) in [5.74, 6) is 3.14. The first-order valence-corrected chi connectivity index (χ1v) is 8.24. The maximum atomic E-state index is 4.51. The Morgan fingerprint density at radius 2 is 1.61 bits per heavy atom. The predicted octanol–water partition coefficient (Wildman–Crippen LogP) is 5.58. The van der Waals surface area contributed by atoms with Gasteiger partial charge < -0.3 is 0 Å². The molecular weight excluding hydrogens is 278 g/mol. The van der Waals surface area contributed by atoms with Crippen LogP contribution in [0.3, 0.4) is 0 Å². The van der Waals surface area contributed by atoms with Gasteiger partial charge in [-0.05, 0) is 41.0 Å². The molecule has 0 heterocycles. The van der Waals surface area contributed by atoms with E-state index in [0.717, 1.165) is 29.7 Å². The van der Waals surface area contributed by atoms with E-state index in [9.17, 15) is 0 Å². The number of hydrogen-bond acceptors (Lipinski definition) is 1. The standard InChI is InChI=1S/C22H25N/c1-5-9-21(19-10-7-6-8-11-19)23-17-16-18-12-14-20(15-13-18)22(2,3)4/h6-8,10-15H,5,9H2,1-4H3. The van der Waals surface area contributed by atoms with Crippen molar-refractivity contribution in [3.8, 4) is 12.0 Å². The molecule has 0 amide bonds. The van der Waals surface area contributed by atoms with Gasteiger partial charge in [-0.1, -0.05) is 76.6 Å². The number of rotatable bonds is 3. The second-order valence-corrected chi connectivity index (χ2v) is 6.74. The van der Waals surface area contributed by atoms with Gasteiger partial charge in [0.15, 0.2) is 0 Å². The summed E-state index contributed by atoms with van der Waals surface area (Å²) in [6, 6.07) is 21.7. The van der Waals surface area contributed by atoms with Crippen LogP contribution >= 0.6 is 0 Å². The Bertz CT molecular complexity index is 705. The molecule has 2 aromatic carbocycles. The highest BCUT2D eigenvalue weighted by molar-refractivity contribution is 6.01. The minimum absolute atomic E-state index is 0.172. The molecule has 0 atom stereocenters. The lowest BCUT2D eigenvalue weighted by Gasteiger charge is -2.18. The second kappa shape index (κ2) is 7.79. The predicted molar refractivity (Wildman–Crippen MR) is 99.9 cm³/mol. The van der Waals surface area contributed by atoms with Crippen molar-refractivity contribution in [2.75, 3.05) is 0 Å². The van der Waals surface area contributed by atoms with Crippen LogP contribution in [0.1, 0.15) is 57.2 Å². The Morgan fingerprint density at radius 1 is 0.957 bits per heavy atom. The lowest BCUT2D eigenvalue weighted by atomic mass is 9.87. The third-order valence-electron chi connectivity index (χ3n) is 3.74. The average Bonchev–Trinajstić information content (AvgIpc) is 2.54. The van der Waals surface area contributed by atoms with Crippen LogP contribution in [0.5, 0.6) is 0 Å². The van der Waals surface area contributed by atoms with Crippen LogP contribution in [0.2, 0.25) is 0 Å². The number of nitrogens with zero attached hydrogens (tertiary/aromatic N) is 1. The fraction of sp³-hybridized carbons (Fsp3) is 0.318. The van der Waals surface area contributed by atoms with Crippen LogP contribution in [0.15, 0.2) is 59.6 Å². The Labute approximate surface area is 140 Å². The van der Waals surface area contributed by atoms with Gasteiger partial charge in [0.05, 0.1) is 5.71 Å². The zero-order valence-corrected chi connectivity index (χ0v) is 14.6. The minimum atomic E-state index is 0.172. The average molecular weight is 303 g/mol. The first-order valence-electron chi connectivity index (χ1n) is 8.24. The van der Waals surface area contributed by atoms with E-state index in [1.54, 1.807) is 0 Å². The quantitative estimate of drug-likeness (QED) is 0.518. The second-order valence-electron chi connectivity index (χ2n) is 6.74. The fourth-order valence-electron chi connectivity index (χ4n) is 2.35. The van der Waals surface area contributed by atoms with Crippen molar-refractivity contribution < 1.29 is 0 Å². The van der Waals surface area contributed by atoms with Crippen LogP contribution in [-0.2, 0) is 5.41 Å². The summed E-state index contributed by atoms with van der Waals surface area (Å²) < 4.78 is 0. The van der Waals surface area contributed by atoms with Crippen LogP contribution in [0, 0.1) is 12.0 Å². The zero-order valence-electron chi connectivity index (χ0n) is 14.6. The molecule has 2 rings (SSSR count). The van der Waals surface area contributed by atoms with Gasteiger partial charge in [-0.15, -0.1) is 0 Å². The van der Waals surface area contributed by atoms with Gasteiger partial charge in [-0.3, -0.25) is 0 Å². The van der Waals surface area contributed by atoms with Crippen molar-refractivity contribution in [2.24, 2.45) is 4.99 Å². The normalized spacial score (nSPS) is 11.7. The van der Waals surface area contributed by atoms with Crippen molar-refractivity contribution >= 4 is 5.71 Å². The van der Waals surface area contributed by atoms with E-state index in [-0.39, 0.29) is 5.41 Å². The van der Waals surface area contributed by atoms with Crippen LogP contribution in [0.4, 0.5) is 0 Å². The summed E-state index contributed by atoms with van der Waals surface area (Å²) in [6.45, 7) is 8.82. The zero-order chi connectivity index (χ0) is 16.7. The molecule has 118 valence electrons. The van der Waals surface area contributed by atoms with Crippen molar-refractivity contribution in [1.82, 2.24) is 0 Å². The first-order chi connectivity index (χ1) is 11.0. The molecule has 1 nitrogen and oxygen atoms in total. The first kappa shape index (κ1) is 17.0. The number of hydrogen-bond donors (Lipinski definition) is 0.